The van der Waals surface area contributed by atoms with Crippen LogP contribution in [0.2, 0.25) is 0 Å². The number of benzene rings is 1. The fraction of sp³-hybridized carbons (Fsp3) is 0.471. The van der Waals surface area contributed by atoms with Crippen LogP contribution in [-0.4, -0.2) is 19.1 Å². The Bertz CT molecular complexity index is 451. The molecule has 0 aromatic heterocycles. The molecule has 0 radical (unpaired) electrons. The normalized spacial score (nSPS) is 19.1. The molecule has 1 unspecified atom stereocenters. The number of esters is 1. The summed E-state index contributed by atoms with van der Waals surface area (Å²) in [6.45, 7) is 7.71. The van der Waals surface area contributed by atoms with E-state index >= 15 is 0 Å². The molecule has 3 heteroatoms. The molecule has 1 aliphatic heterocycles. The summed E-state index contributed by atoms with van der Waals surface area (Å²) in [5.41, 5.74) is 0.319. The van der Waals surface area contributed by atoms with Crippen molar-refractivity contribution in [2.75, 3.05) is 13.1 Å². The molecule has 1 aliphatic rings. The van der Waals surface area contributed by atoms with Crippen molar-refractivity contribution < 1.29 is 9.53 Å². The zero-order valence-electron chi connectivity index (χ0n) is 12.1. The molecule has 0 spiro atoms. The SMILES string of the molecule is C=CC(OC(=O)CC)(c1ccccc1)C1CCNCC1. The molecule has 20 heavy (non-hydrogen) atoms. The molecule has 1 fully saturated rings. The highest BCUT2D eigenvalue weighted by Crippen LogP contribution is 2.40. The van der Waals surface area contributed by atoms with Gasteiger partial charge >= 0.3 is 5.97 Å². The Labute approximate surface area is 121 Å². The third-order valence-electron chi connectivity index (χ3n) is 4.05. The lowest BCUT2D eigenvalue weighted by Crippen LogP contribution is -2.43. The Morgan fingerprint density at radius 1 is 1.40 bits per heavy atom. The second-order valence-corrected chi connectivity index (χ2v) is 5.22. The van der Waals surface area contributed by atoms with E-state index in [9.17, 15) is 4.79 Å². The second-order valence-electron chi connectivity index (χ2n) is 5.22. The number of carbonyl (C=O) groups is 1. The Balaban J connectivity index is 2.39. The van der Waals surface area contributed by atoms with E-state index in [1.807, 2.05) is 43.3 Å². The highest BCUT2D eigenvalue weighted by atomic mass is 16.6. The van der Waals surface area contributed by atoms with Gasteiger partial charge in [0.05, 0.1) is 0 Å². The first-order valence-corrected chi connectivity index (χ1v) is 7.34. The van der Waals surface area contributed by atoms with Gasteiger partial charge < -0.3 is 10.1 Å². The smallest absolute Gasteiger partial charge is 0.306 e. The quantitative estimate of drug-likeness (QED) is 0.662. The molecule has 0 aliphatic carbocycles. The molecule has 108 valence electrons. The lowest BCUT2D eigenvalue weighted by molar-refractivity contribution is -0.162. The minimum atomic E-state index is -0.698. The lowest BCUT2D eigenvalue weighted by Gasteiger charge is -2.40. The van der Waals surface area contributed by atoms with E-state index in [-0.39, 0.29) is 11.9 Å². The summed E-state index contributed by atoms with van der Waals surface area (Å²) < 4.78 is 5.88. The van der Waals surface area contributed by atoms with Gasteiger partial charge in [-0.1, -0.05) is 43.8 Å². The molecule has 0 saturated carbocycles. The first kappa shape index (κ1) is 14.8. The molecular weight excluding hydrogens is 250 g/mol. The van der Waals surface area contributed by atoms with E-state index in [1.54, 1.807) is 0 Å². The van der Waals surface area contributed by atoms with Gasteiger partial charge in [0.1, 0.15) is 0 Å². The van der Waals surface area contributed by atoms with Crippen molar-refractivity contribution in [3.8, 4) is 0 Å². The summed E-state index contributed by atoms with van der Waals surface area (Å²) in [4.78, 5) is 11.9. The summed E-state index contributed by atoms with van der Waals surface area (Å²) in [6, 6.07) is 9.98. The Kier molecular flexibility index (Phi) is 4.96. The van der Waals surface area contributed by atoms with E-state index in [0.717, 1.165) is 31.5 Å². The van der Waals surface area contributed by atoms with Gasteiger partial charge in [-0.15, -0.1) is 0 Å². The molecule has 2 rings (SSSR count). The Morgan fingerprint density at radius 2 is 2.05 bits per heavy atom. The maximum Gasteiger partial charge on any atom is 0.306 e. The van der Waals surface area contributed by atoms with Crippen LogP contribution in [0.5, 0.6) is 0 Å². The van der Waals surface area contributed by atoms with E-state index in [1.165, 1.54) is 0 Å². The average Bonchev–Trinajstić information content (AvgIpc) is 2.54. The van der Waals surface area contributed by atoms with Crippen LogP contribution in [0.3, 0.4) is 0 Å². The minimum absolute atomic E-state index is 0.174. The Hall–Kier alpha value is -1.61. The number of hydrogen-bond acceptors (Lipinski definition) is 3. The molecule has 1 heterocycles. The number of ether oxygens (including phenoxy) is 1. The van der Waals surface area contributed by atoms with Crippen molar-refractivity contribution in [1.82, 2.24) is 5.32 Å². The lowest BCUT2D eigenvalue weighted by atomic mass is 9.76. The van der Waals surface area contributed by atoms with Gasteiger partial charge in [0, 0.05) is 12.3 Å². The molecule has 0 amide bonds. The van der Waals surface area contributed by atoms with Crippen LogP contribution in [0, 0.1) is 5.92 Å². The van der Waals surface area contributed by atoms with Crippen LogP contribution in [0.25, 0.3) is 0 Å². The average molecular weight is 273 g/mol. The fourth-order valence-electron chi connectivity index (χ4n) is 2.91. The second kappa shape index (κ2) is 6.71. The highest BCUT2D eigenvalue weighted by molar-refractivity contribution is 5.70. The summed E-state index contributed by atoms with van der Waals surface area (Å²) in [5, 5.41) is 3.35. The van der Waals surface area contributed by atoms with E-state index < -0.39 is 5.60 Å². The van der Waals surface area contributed by atoms with Crippen LogP contribution in [0.15, 0.2) is 43.0 Å². The first-order valence-electron chi connectivity index (χ1n) is 7.34. The fourth-order valence-corrected chi connectivity index (χ4v) is 2.91. The van der Waals surface area contributed by atoms with Crippen LogP contribution in [0.1, 0.15) is 31.7 Å². The van der Waals surface area contributed by atoms with Gasteiger partial charge in [0.15, 0.2) is 5.60 Å². The van der Waals surface area contributed by atoms with Gasteiger partial charge in [-0.05, 0) is 37.6 Å². The van der Waals surface area contributed by atoms with Crippen LogP contribution in [0.4, 0.5) is 0 Å². The third kappa shape index (κ3) is 2.93. The molecule has 1 aromatic rings. The van der Waals surface area contributed by atoms with Gasteiger partial charge in [0.2, 0.25) is 0 Å². The van der Waals surface area contributed by atoms with Crippen LogP contribution >= 0.6 is 0 Å². The van der Waals surface area contributed by atoms with Gasteiger partial charge in [-0.25, -0.2) is 0 Å². The third-order valence-corrected chi connectivity index (χ3v) is 4.05. The predicted octanol–water partition coefficient (Wildman–Crippen LogP) is 3.02. The van der Waals surface area contributed by atoms with Crippen molar-refractivity contribution in [3.63, 3.8) is 0 Å². The number of nitrogens with one attached hydrogen (secondary N) is 1. The number of hydrogen-bond donors (Lipinski definition) is 1. The van der Waals surface area contributed by atoms with E-state index in [4.69, 9.17) is 4.74 Å². The first-order chi connectivity index (χ1) is 9.73. The van der Waals surface area contributed by atoms with Crippen LogP contribution in [-0.2, 0) is 15.1 Å². The van der Waals surface area contributed by atoms with Crippen molar-refractivity contribution >= 4 is 5.97 Å². The summed E-state index contributed by atoms with van der Waals surface area (Å²) in [7, 11) is 0. The van der Waals surface area contributed by atoms with E-state index in [0.29, 0.717) is 6.42 Å². The largest absolute Gasteiger partial charge is 0.450 e. The van der Waals surface area contributed by atoms with Gasteiger partial charge in [-0.2, -0.15) is 0 Å². The molecule has 0 bridgehead atoms. The summed E-state index contributed by atoms with van der Waals surface area (Å²) in [5.74, 6) is 0.103. The van der Waals surface area contributed by atoms with Crippen LogP contribution < -0.4 is 5.32 Å². The Morgan fingerprint density at radius 3 is 2.60 bits per heavy atom. The number of rotatable bonds is 5. The van der Waals surface area contributed by atoms with Gasteiger partial charge in [0.25, 0.3) is 0 Å². The molecule has 1 N–H and O–H groups in total. The van der Waals surface area contributed by atoms with Gasteiger partial charge in [-0.3, -0.25) is 4.79 Å². The zero-order chi connectivity index (χ0) is 14.4. The summed E-state index contributed by atoms with van der Waals surface area (Å²) in [6.07, 6.45) is 4.16. The van der Waals surface area contributed by atoms with Crippen molar-refractivity contribution in [1.29, 1.82) is 0 Å². The monoisotopic (exact) mass is 273 g/mol. The van der Waals surface area contributed by atoms with Crippen molar-refractivity contribution in [2.24, 2.45) is 5.92 Å². The topological polar surface area (TPSA) is 38.3 Å². The van der Waals surface area contributed by atoms with Crippen molar-refractivity contribution in [2.45, 2.75) is 31.8 Å². The molecule has 1 aromatic carbocycles. The molecule has 1 saturated heterocycles. The number of piperidine rings is 1. The summed E-state index contributed by atoms with van der Waals surface area (Å²) >= 11 is 0. The predicted molar refractivity (Wildman–Crippen MR) is 80.3 cm³/mol. The van der Waals surface area contributed by atoms with E-state index in [2.05, 4.69) is 11.9 Å². The molecule has 1 atom stereocenters. The maximum atomic E-state index is 11.9. The maximum absolute atomic E-state index is 11.9. The molecular formula is C17H23NO2. The van der Waals surface area contributed by atoms with Crippen molar-refractivity contribution in [3.05, 3.63) is 48.6 Å². The minimum Gasteiger partial charge on any atom is -0.450 e. The molecule has 3 nitrogen and oxygen atoms in total. The number of carbonyl (C=O) groups excluding carboxylic acids is 1. The highest BCUT2D eigenvalue weighted by Gasteiger charge is 2.41. The zero-order valence-corrected chi connectivity index (χ0v) is 12.1. The standard InChI is InChI=1S/C17H23NO2/c1-3-16(19)20-17(4-2,14-8-6-5-7-9-14)15-10-12-18-13-11-15/h4-9,15,18H,2-3,10-13H2,1H3.